The van der Waals surface area contributed by atoms with E-state index in [1.807, 2.05) is 0 Å². The molecule has 1 aliphatic heterocycles. The number of carbonyl (C=O) groups is 2. The van der Waals surface area contributed by atoms with Gasteiger partial charge in [0.05, 0.1) is 6.10 Å². The summed E-state index contributed by atoms with van der Waals surface area (Å²) < 4.78 is 5.56. The van der Waals surface area contributed by atoms with E-state index in [9.17, 15) is 9.59 Å². The minimum Gasteiger partial charge on any atom is -0.481 e. The number of ether oxygens (including phenoxy) is 1. The van der Waals surface area contributed by atoms with Gasteiger partial charge in [-0.3, -0.25) is 9.59 Å². The largest absolute Gasteiger partial charge is 0.481 e. The summed E-state index contributed by atoms with van der Waals surface area (Å²) >= 11 is 0. The summed E-state index contributed by atoms with van der Waals surface area (Å²) in [5.74, 6) is -0.357. The number of nitrogens with one attached hydrogen (secondary N) is 1. The lowest BCUT2D eigenvalue weighted by molar-refractivity contribution is -0.137. The van der Waals surface area contributed by atoms with Crippen LogP contribution in [-0.4, -0.2) is 36.2 Å². The van der Waals surface area contributed by atoms with Crippen molar-refractivity contribution in [3.63, 3.8) is 0 Å². The van der Waals surface area contributed by atoms with Crippen LogP contribution in [0.5, 0.6) is 0 Å². The van der Waals surface area contributed by atoms with Crippen molar-refractivity contribution in [2.45, 2.75) is 51.6 Å². The Morgan fingerprint density at radius 1 is 1.33 bits per heavy atom. The minimum absolute atomic E-state index is 0.0159. The molecule has 0 aromatic rings. The Balaban J connectivity index is 2.07. The first-order valence-corrected chi connectivity index (χ1v) is 6.73. The third kappa shape index (κ3) is 5.49. The highest BCUT2D eigenvalue weighted by Gasteiger charge is 2.26. The Morgan fingerprint density at radius 3 is 2.72 bits per heavy atom. The number of aliphatic carboxylic acids is 1. The second-order valence-electron chi connectivity index (χ2n) is 4.77. The van der Waals surface area contributed by atoms with Gasteiger partial charge in [-0.1, -0.05) is 6.92 Å². The number of carboxylic acid groups (broad SMARTS) is 1. The predicted octanol–water partition coefficient (Wildman–Crippen LogP) is 1.56. The number of amides is 1. The molecule has 104 valence electrons. The lowest BCUT2D eigenvalue weighted by Crippen LogP contribution is -2.32. The summed E-state index contributed by atoms with van der Waals surface area (Å²) in [5.41, 5.74) is 0. The molecule has 18 heavy (non-hydrogen) atoms. The molecule has 5 heteroatoms. The van der Waals surface area contributed by atoms with Gasteiger partial charge in [0, 0.05) is 31.9 Å². The zero-order valence-corrected chi connectivity index (χ0v) is 11.0. The van der Waals surface area contributed by atoms with Crippen molar-refractivity contribution in [3.05, 3.63) is 0 Å². The van der Waals surface area contributed by atoms with E-state index in [1.165, 1.54) is 0 Å². The van der Waals surface area contributed by atoms with Gasteiger partial charge in [-0.15, -0.1) is 0 Å². The van der Waals surface area contributed by atoms with Crippen LogP contribution in [-0.2, 0) is 14.3 Å². The molecule has 1 heterocycles. The standard InChI is InChI=1S/C13H23NO4/c1-2-11-10(7-8-18-11)9-14-12(15)5-3-4-6-13(16)17/h10-11H,2-9H2,1H3,(H,14,15)(H,16,17). The lowest BCUT2D eigenvalue weighted by atomic mass is 9.99. The van der Waals surface area contributed by atoms with Gasteiger partial charge in [-0.25, -0.2) is 0 Å². The number of hydrogen-bond donors (Lipinski definition) is 2. The molecular weight excluding hydrogens is 234 g/mol. The molecular formula is C13H23NO4. The van der Waals surface area contributed by atoms with Gasteiger partial charge >= 0.3 is 5.97 Å². The van der Waals surface area contributed by atoms with E-state index in [0.29, 0.717) is 31.7 Å². The molecule has 1 rings (SSSR count). The smallest absolute Gasteiger partial charge is 0.303 e. The molecule has 0 aliphatic carbocycles. The Morgan fingerprint density at radius 2 is 2.06 bits per heavy atom. The van der Waals surface area contributed by atoms with E-state index in [-0.39, 0.29) is 18.4 Å². The van der Waals surface area contributed by atoms with E-state index in [2.05, 4.69) is 12.2 Å². The van der Waals surface area contributed by atoms with Crippen LogP contribution in [0.25, 0.3) is 0 Å². The van der Waals surface area contributed by atoms with E-state index in [4.69, 9.17) is 9.84 Å². The second-order valence-corrected chi connectivity index (χ2v) is 4.77. The maximum absolute atomic E-state index is 11.5. The number of rotatable bonds is 8. The van der Waals surface area contributed by atoms with Crippen molar-refractivity contribution in [2.75, 3.05) is 13.2 Å². The van der Waals surface area contributed by atoms with Gasteiger partial charge in [0.1, 0.15) is 0 Å². The highest BCUT2D eigenvalue weighted by molar-refractivity contribution is 5.75. The molecule has 0 saturated carbocycles. The number of hydrogen-bond acceptors (Lipinski definition) is 3. The second kappa shape index (κ2) is 8.08. The van der Waals surface area contributed by atoms with Crippen molar-refractivity contribution in [1.82, 2.24) is 5.32 Å². The molecule has 1 fully saturated rings. The topological polar surface area (TPSA) is 75.6 Å². The molecule has 2 atom stereocenters. The van der Waals surface area contributed by atoms with Crippen LogP contribution < -0.4 is 5.32 Å². The van der Waals surface area contributed by atoms with E-state index >= 15 is 0 Å². The first-order valence-electron chi connectivity index (χ1n) is 6.73. The third-order valence-electron chi connectivity index (χ3n) is 3.35. The first-order chi connectivity index (χ1) is 8.63. The Bertz CT molecular complexity index is 280. The molecule has 1 aliphatic rings. The summed E-state index contributed by atoms with van der Waals surface area (Å²) in [6.07, 6.45) is 4.02. The highest BCUT2D eigenvalue weighted by Crippen LogP contribution is 2.22. The van der Waals surface area contributed by atoms with Crippen molar-refractivity contribution < 1.29 is 19.4 Å². The lowest BCUT2D eigenvalue weighted by Gasteiger charge is -2.17. The van der Waals surface area contributed by atoms with E-state index in [0.717, 1.165) is 19.4 Å². The van der Waals surface area contributed by atoms with Gasteiger partial charge in [0.2, 0.25) is 5.91 Å². The fraction of sp³-hybridized carbons (Fsp3) is 0.846. The molecule has 0 spiro atoms. The van der Waals surface area contributed by atoms with Gasteiger partial charge in [0.25, 0.3) is 0 Å². The van der Waals surface area contributed by atoms with Crippen LogP contribution in [0.4, 0.5) is 0 Å². The number of carbonyl (C=O) groups excluding carboxylic acids is 1. The highest BCUT2D eigenvalue weighted by atomic mass is 16.5. The molecule has 0 aromatic carbocycles. The van der Waals surface area contributed by atoms with Crippen molar-refractivity contribution in [1.29, 1.82) is 0 Å². The summed E-state index contributed by atoms with van der Waals surface area (Å²) in [6.45, 7) is 3.56. The molecule has 0 aromatic heterocycles. The van der Waals surface area contributed by atoms with Crippen molar-refractivity contribution >= 4 is 11.9 Å². The zero-order valence-electron chi connectivity index (χ0n) is 11.0. The van der Waals surface area contributed by atoms with Crippen LogP contribution in [0.15, 0.2) is 0 Å². The van der Waals surface area contributed by atoms with Gasteiger partial charge in [-0.05, 0) is 25.7 Å². The molecule has 5 nitrogen and oxygen atoms in total. The van der Waals surface area contributed by atoms with E-state index in [1.54, 1.807) is 0 Å². The molecule has 0 bridgehead atoms. The van der Waals surface area contributed by atoms with Crippen molar-refractivity contribution in [2.24, 2.45) is 5.92 Å². The third-order valence-corrected chi connectivity index (χ3v) is 3.35. The van der Waals surface area contributed by atoms with Gasteiger partial charge < -0.3 is 15.2 Å². The fourth-order valence-corrected chi connectivity index (χ4v) is 2.27. The SMILES string of the molecule is CCC1OCCC1CNC(=O)CCCCC(=O)O. The van der Waals surface area contributed by atoms with Crippen LogP contribution in [0, 0.1) is 5.92 Å². The van der Waals surface area contributed by atoms with Crippen LogP contribution in [0.3, 0.4) is 0 Å². The fourth-order valence-electron chi connectivity index (χ4n) is 2.27. The minimum atomic E-state index is -0.802. The Kier molecular flexibility index (Phi) is 6.72. The molecule has 1 amide bonds. The maximum Gasteiger partial charge on any atom is 0.303 e. The average Bonchev–Trinajstić information content (AvgIpc) is 2.79. The van der Waals surface area contributed by atoms with Crippen LogP contribution in [0.2, 0.25) is 0 Å². The molecule has 2 N–H and O–H groups in total. The Hall–Kier alpha value is -1.10. The van der Waals surface area contributed by atoms with Gasteiger partial charge in [0.15, 0.2) is 0 Å². The monoisotopic (exact) mass is 257 g/mol. The van der Waals surface area contributed by atoms with Crippen LogP contribution >= 0.6 is 0 Å². The van der Waals surface area contributed by atoms with E-state index < -0.39 is 5.97 Å². The molecule has 2 unspecified atom stereocenters. The summed E-state index contributed by atoms with van der Waals surface area (Å²) in [7, 11) is 0. The number of carboxylic acids is 1. The zero-order chi connectivity index (χ0) is 13.4. The summed E-state index contributed by atoms with van der Waals surface area (Å²) in [4.78, 5) is 21.8. The average molecular weight is 257 g/mol. The maximum atomic E-state index is 11.5. The summed E-state index contributed by atoms with van der Waals surface area (Å²) in [6, 6.07) is 0. The molecule has 0 radical (unpaired) electrons. The summed E-state index contributed by atoms with van der Waals surface area (Å²) in [5, 5.41) is 11.4. The number of unbranched alkanes of at least 4 members (excludes halogenated alkanes) is 1. The quantitative estimate of drug-likeness (QED) is 0.647. The first kappa shape index (κ1) is 15.0. The normalized spacial score (nSPS) is 22.9. The predicted molar refractivity (Wildman–Crippen MR) is 67.3 cm³/mol. The van der Waals surface area contributed by atoms with Crippen LogP contribution in [0.1, 0.15) is 45.4 Å². The molecule has 1 saturated heterocycles. The Labute approximate surface area is 108 Å². The van der Waals surface area contributed by atoms with Gasteiger partial charge in [-0.2, -0.15) is 0 Å². The van der Waals surface area contributed by atoms with Crippen molar-refractivity contribution in [3.8, 4) is 0 Å².